The molecule has 5 rings (SSSR count). The lowest BCUT2D eigenvalue weighted by Crippen LogP contribution is -2.55. The zero-order chi connectivity index (χ0) is 24.1. The Labute approximate surface area is 192 Å². The summed E-state index contributed by atoms with van der Waals surface area (Å²) in [7, 11) is 1.56. The van der Waals surface area contributed by atoms with Crippen molar-refractivity contribution in [2.75, 3.05) is 31.6 Å². The van der Waals surface area contributed by atoms with Crippen LogP contribution in [0.2, 0.25) is 0 Å². The van der Waals surface area contributed by atoms with E-state index in [9.17, 15) is 18.4 Å². The molecule has 0 spiro atoms. The molecule has 2 N–H and O–H groups in total. The third kappa shape index (κ3) is 3.60. The molecule has 2 aromatic heterocycles. The Hall–Kier alpha value is -3.47. The van der Waals surface area contributed by atoms with Gasteiger partial charge in [0.05, 0.1) is 11.4 Å². The first-order valence-corrected chi connectivity index (χ1v) is 11.1. The Kier molecular flexibility index (Phi) is 5.51. The van der Waals surface area contributed by atoms with Crippen molar-refractivity contribution >= 4 is 22.6 Å². The van der Waals surface area contributed by atoms with Crippen LogP contribution in [0.1, 0.15) is 33.9 Å². The van der Waals surface area contributed by atoms with Gasteiger partial charge in [0.1, 0.15) is 22.4 Å². The fourth-order valence-corrected chi connectivity index (χ4v) is 4.83. The third-order valence-electron chi connectivity index (χ3n) is 6.62. The highest BCUT2D eigenvalue weighted by atomic mass is 19.2. The van der Waals surface area contributed by atoms with Crippen molar-refractivity contribution in [1.82, 2.24) is 25.2 Å². The molecule has 1 amide bonds. The maximum absolute atomic E-state index is 15.1. The number of aromatic amines is 1. The second kappa shape index (κ2) is 8.39. The molecule has 3 aromatic rings. The molecule has 0 saturated carbocycles. The average Bonchev–Trinajstić information content (AvgIpc) is 2.85. The number of hydrogen-bond donors (Lipinski definition) is 2. The molecule has 34 heavy (non-hydrogen) atoms. The smallest absolute Gasteiger partial charge is 0.269 e. The number of aromatic nitrogens is 3. The van der Waals surface area contributed by atoms with Crippen LogP contribution in [0.5, 0.6) is 0 Å². The van der Waals surface area contributed by atoms with E-state index in [-0.39, 0.29) is 24.2 Å². The number of amides is 1. The van der Waals surface area contributed by atoms with Crippen molar-refractivity contribution in [3.05, 3.63) is 62.6 Å². The second-order valence-electron chi connectivity index (χ2n) is 8.66. The summed E-state index contributed by atoms with van der Waals surface area (Å²) in [6, 6.07) is 3.67. The van der Waals surface area contributed by atoms with Gasteiger partial charge in [0.2, 0.25) is 0 Å². The number of fused-ring (bicyclic) bond motifs is 4. The van der Waals surface area contributed by atoms with Crippen molar-refractivity contribution in [3.63, 3.8) is 0 Å². The number of benzene rings is 1. The van der Waals surface area contributed by atoms with Crippen LogP contribution in [0.3, 0.4) is 0 Å². The van der Waals surface area contributed by atoms with E-state index in [2.05, 4.69) is 25.2 Å². The molecule has 0 unspecified atom stereocenters. The molecule has 1 aromatic carbocycles. The Balaban J connectivity index is 1.39. The lowest BCUT2D eigenvalue weighted by molar-refractivity contribution is 0.0958. The average molecular weight is 472 g/mol. The molecule has 2 aliphatic rings. The molecule has 0 bridgehead atoms. The minimum absolute atomic E-state index is 0.0661. The van der Waals surface area contributed by atoms with Gasteiger partial charge < -0.3 is 15.2 Å². The predicted octanol–water partition coefficient (Wildman–Crippen LogP) is 2.04. The number of pyridine rings is 1. The standard InChI is InChI=1S/C23H23F3N6O2/c1-11-22(33)30-20-18(25)13(17(24)19(26)21(20)28-11)10-31-7-8-32-12(9-31)3-4-14-16(32)6-5-15(29-14)23(34)27-2/h5-6,12H,3-4,7-10H2,1-2H3,(H,27,34)(H,30,33)/t12-/m1/s1. The Morgan fingerprint density at radius 1 is 1.18 bits per heavy atom. The van der Waals surface area contributed by atoms with Gasteiger partial charge in [-0.2, -0.15) is 0 Å². The van der Waals surface area contributed by atoms with E-state index in [0.717, 1.165) is 17.8 Å². The first-order chi connectivity index (χ1) is 16.3. The van der Waals surface area contributed by atoms with E-state index in [1.54, 1.807) is 13.1 Å². The molecule has 4 heterocycles. The van der Waals surface area contributed by atoms with E-state index < -0.39 is 39.6 Å². The third-order valence-corrected chi connectivity index (χ3v) is 6.62. The Morgan fingerprint density at radius 2 is 1.97 bits per heavy atom. The van der Waals surface area contributed by atoms with Gasteiger partial charge in [-0.25, -0.2) is 23.1 Å². The number of nitrogens with one attached hydrogen (secondary N) is 2. The summed E-state index contributed by atoms with van der Waals surface area (Å²) in [6.07, 6.45) is 1.44. The molecular formula is C23H23F3N6O2. The zero-order valence-electron chi connectivity index (χ0n) is 18.7. The molecule has 1 atom stereocenters. The summed E-state index contributed by atoms with van der Waals surface area (Å²) in [5.41, 5.74) is 0.0941. The molecular weight excluding hydrogens is 449 g/mol. The summed E-state index contributed by atoms with van der Waals surface area (Å²) in [5, 5.41) is 2.57. The van der Waals surface area contributed by atoms with Crippen LogP contribution in [0.4, 0.5) is 18.9 Å². The molecule has 178 valence electrons. The Bertz CT molecular complexity index is 1380. The minimum Gasteiger partial charge on any atom is -0.364 e. The van der Waals surface area contributed by atoms with Crippen molar-refractivity contribution in [2.45, 2.75) is 32.4 Å². The van der Waals surface area contributed by atoms with Crippen molar-refractivity contribution in [3.8, 4) is 0 Å². The number of halogens is 3. The van der Waals surface area contributed by atoms with Crippen molar-refractivity contribution in [2.24, 2.45) is 0 Å². The number of anilines is 1. The summed E-state index contributed by atoms with van der Waals surface area (Å²) < 4.78 is 44.6. The fraction of sp³-hybridized carbons (Fsp3) is 0.391. The zero-order valence-corrected chi connectivity index (χ0v) is 18.7. The molecule has 0 radical (unpaired) electrons. The predicted molar refractivity (Wildman–Crippen MR) is 119 cm³/mol. The van der Waals surface area contributed by atoms with E-state index in [4.69, 9.17) is 0 Å². The first-order valence-electron chi connectivity index (χ1n) is 11.1. The van der Waals surface area contributed by atoms with Crippen LogP contribution < -0.4 is 15.8 Å². The summed E-state index contributed by atoms with van der Waals surface area (Å²) in [4.78, 5) is 38.4. The quantitative estimate of drug-likeness (QED) is 0.567. The summed E-state index contributed by atoms with van der Waals surface area (Å²) in [6.45, 7) is 2.82. The van der Waals surface area contributed by atoms with E-state index >= 15 is 4.39 Å². The number of H-pyrrole nitrogens is 1. The molecule has 8 nitrogen and oxygen atoms in total. The first kappa shape index (κ1) is 22.3. The number of carbonyl (C=O) groups is 1. The molecule has 2 aliphatic heterocycles. The van der Waals surface area contributed by atoms with Gasteiger partial charge in [-0.05, 0) is 31.9 Å². The molecule has 1 fully saturated rings. The van der Waals surface area contributed by atoms with Crippen LogP contribution in [0.25, 0.3) is 11.0 Å². The van der Waals surface area contributed by atoms with Gasteiger partial charge >= 0.3 is 0 Å². The topological polar surface area (TPSA) is 94.2 Å². The normalized spacial score (nSPS) is 18.0. The van der Waals surface area contributed by atoms with E-state index in [0.29, 0.717) is 31.7 Å². The number of carbonyl (C=O) groups excluding carboxylic acids is 1. The fourth-order valence-electron chi connectivity index (χ4n) is 4.83. The van der Waals surface area contributed by atoms with Gasteiger partial charge in [-0.15, -0.1) is 0 Å². The van der Waals surface area contributed by atoms with Gasteiger partial charge in [0.15, 0.2) is 17.5 Å². The van der Waals surface area contributed by atoms with E-state index in [1.807, 2.05) is 11.0 Å². The second-order valence-corrected chi connectivity index (χ2v) is 8.66. The Morgan fingerprint density at radius 3 is 2.74 bits per heavy atom. The van der Waals surface area contributed by atoms with Gasteiger partial charge in [-0.1, -0.05) is 0 Å². The lowest BCUT2D eigenvalue weighted by Gasteiger charge is -2.45. The van der Waals surface area contributed by atoms with Crippen LogP contribution >= 0.6 is 0 Å². The highest BCUT2D eigenvalue weighted by Crippen LogP contribution is 2.33. The minimum atomic E-state index is -1.29. The number of rotatable bonds is 3. The maximum atomic E-state index is 15.1. The SMILES string of the molecule is CNC(=O)c1ccc2c(n1)CC[C@@H]1CN(Cc3c(F)c(F)c4nc(C)c(=O)[nH]c4c3F)CCN21. The summed E-state index contributed by atoms with van der Waals surface area (Å²) in [5.74, 6) is -3.80. The molecule has 0 aliphatic carbocycles. The maximum Gasteiger partial charge on any atom is 0.269 e. The van der Waals surface area contributed by atoms with Crippen LogP contribution in [-0.4, -0.2) is 58.5 Å². The van der Waals surface area contributed by atoms with Gasteiger partial charge in [0, 0.05) is 44.8 Å². The monoisotopic (exact) mass is 472 g/mol. The van der Waals surface area contributed by atoms with Crippen LogP contribution in [-0.2, 0) is 13.0 Å². The highest BCUT2D eigenvalue weighted by Gasteiger charge is 2.34. The summed E-state index contributed by atoms with van der Waals surface area (Å²) >= 11 is 0. The molecule has 11 heteroatoms. The largest absolute Gasteiger partial charge is 0.364 e. The number of aryl methyl sites for hydroxylation is 2. The van der Waals surface area contributed by atoms with E-state index in [1.165, 1.54) is 6.92 Å². The lowest BCUT2D eigenvalue weighted by atomic mass is 9.96. The number of nitrogens with zero attached hydrogens (tertiary/aromatic N) is 4. The van der Waals surface area contributed by atoms with Crippen molar-refractivity contribution in [1.29, 1.82) is 0 Å². The van der Waals surface area contributed by atoms with Gasteiger partial charge in [0.25, 0.3) is 11.5 Å². The molecule has 1 saturated heterocycles. The van der Waals surface area contributed by atoms with Crippen LogP contribution in [0, 0.1) is 24.4 Å². The number of piperazine rings is 1. The highest BCUT2D eigenvalue weighted by molar-refractivity contribution is 5.92. The van der Waals surface area contributed by atoms with Gasteiger partial charge in [-0.3, -0.25) is 14.5 Å². The number of hydrogen-bond acceptors (Lipinski definition) is 6. The van der Waals surface area contributed by atoms with Crippen molar-refractivity contribution < 1.29 is 18.0 Å². The van der Waals surface area contributed by atoms with Crippen LogP contribution in [0.15, 0.2) is 16.9 Å².